The Balaban J connectivity index is -0.0000000417. The number of halogens is 2. The van der Waals surface area contributed by atoms with Crippen molar-refractivity contribution in [3.05, 3.63) is 0 Å². The molecule has 54 valence electrons. The summed E-state index contributed by atoms with van der Waals surface area (Å²) < 4.78 is 0. The first-order valence-electron chi connectivity index (χ1n) is 2.38. The summed E-state index contributed by atoms with van der Waals surface area (Å²) in [5.41, 5.74) is 0. The summed E-state index contributed by atoms with van der Waals surface area (Å²) in [6.45, 7) is 4.52. The van der Waals surface area contributed by atoms with Crippen LogP contribution < -0.4 is 24.8 Å². The Labute approximate surface area is 85.6 Å². The maximum Gasteiger partial charge on any atom is 2.00 e. The fourth-order valence-electron chi connectivity index (χ4n) is 0.258. The van der Waals surface area contributed by atoms with E-state index < -0.39 is 0 Å². The zero-order valence-corrected chi connectivity index (χ0v) is 8.83. The van der Waals surface area contributed by atoms with Gasteiger partial charge in [0.15, 0.2) is 0 Å². The van der Waals surface area contributed by atoms with E-state index in [0.717, 1.165) is 6.42 Å². The maximum atomic E-state index is 8.24. The van der Waals surface area contributed by atoms with E-state index in [-0.39, 0.29) is 47.9 Å². The Morgan fingerprint density at radius 2 is 1.56 bits per heavy atom. The average molecular weight is 183 g/mol. The van der Waals surface area contributed by atoms with Crippen LogP contribution in [0.5, 0.6) is 0 Å². The van der Waals surface area contributed by atoms with Gasteiger partial charge in [0.25, 0.3) is 0 Å². The Morgan fingerprint density at radius 1 is 1.22 bits per heavy atom. The van der Waals surface area contributed by atoms with Crippen LogP contribution in [0.3, 0.4) is 0 Å². The minimum atomic E-state index is 0. The molecule has 1 nitrogen and oxygen atoms in total. The van der Waals surface area contributed by atoms with Crippen LogP contribution in [0, 0.1) is 5.92 Å². The fraction of sp³-hybridized carbons (Fsp3) is 1.00. The molecule has 0 heterocycles. The summed E-state index contributed by atoms with van der Waals surface area (Å²) in [5, 5.41) is 8.24. The van der Waals surface area contributed by atoms with Crippen molar-refractivity contribution in [3.63, 3.8) is 0 Å². The fourth-order valence-corrected chi connectivity index (χ4v) is 0.258. The maximum absolute atomic E-state index is 8.24. The van der Waals surface area contributed by atoms with Crippen molar-refractivity contribution in [1.82, 2.24) is 0 Å². The minimum Gasteiger partial charge on any atom is -1.00 e. The van der Waals surface area contributed by atoms with Crippen molar-refractivity contribution in [3.8, 4) is 0 Å². The summed E-state index contributed by atoms with van der Waals surface area (Å²) in [7, 11) is 0. The van der Waals surface area contributed by atoms with Gasteiger partial charge in [-0.25, -0.2) is 0 Å². The smallest absolute Gasteiger partial charge is 1.00 e. The largest absolute Gasteiger partial charge is 2.00 e. The van der Waals surface area contributed by atoms with E-state index >= 15 is 0 Å². The van der Waals surface area contributed by atoms with Crippen LogP contribution in [0.2, 0.25) is 0 Å². The van der Waals surface area contributed by atoms with Crippen molar-refractivity contribution >= 4 is 23.1 Å². The monoisotopic (exact) mass is 182 g/mol. The molecule has 0 saturated carbocycles. The molecule has 0 bridgehead atoms. The zero-order chi connectivity index (χ0) is 4.99. The van der Waals surface area contributed by atoms with E-state index in [1.807, 2.05) is 0 Å². The van der Waals surface area contributed by atoms with Crippen molar-refractivity contribution < 1.29 is 29.9 Å². The summed E-state index contributed by atoms with van der Waals surface area (Å²) >= 11 is 0. The van der Waals surface area contributed by atoms with E-state index in [4.69, 9.17) is 5.11 Å². The van der Waals surface area contributed by atoms with Gasteiger partial charge >= 0.3 is 23.1 Å². The summed E-state index contributed by atoms with van der Waals surface area (Å²) in [4.78, 5) is 0. The number of hydrogen-bond donors (Lipinski definition) is 1. The number of rotatable bonds is 2. The molecule has 0 amide bonds. The number of hydrogen-bond acceptors (Lipinski definition) is 1. The van der Waals surface area contributed by atoms with Crippen LogP contribution in [-0.4, -0.2) is 34.8 Å². The predicted octanol–water partition coefficient (Wildman–Crippen LogP) is -5.35. The molecule has 0 unspecified atom stereocenters. The van der Waals surface area contributed by atoms with Crippen molar-refractivity contribution in [1.29, 1.82) is 0 Å². The van der Waals surface area contributed by atoms with Gasteiger partial charge < -0.3 is 29.9 Å². The second kappa shape index (κ2) is 16.1. The average Bonchev–Trinajstić information content (AvgIpc) is 1.35. The van der Waals surface area contributed by atoms with Crippen molar-refractivity contribution in [2.45, 2.75) is 20.3 Å². The molecule has 0 aliphatic rings. The van der Waals surface area contributed by atoms with E-state index in [1.165, 1.54) is 0 Å². The van der Waals surface area contributed by atoms with Gasteiger partial charge in [-0.1, -0.05) is 13.8 Å². The molecule has 0 aliphatic heterocycles. The van der Waals surface area contributed by atoms with Gasteiger partial charge in [-0.05, 0) is 12.3 Å². The standard InChI is InChI=1S/C5H12O.2ClH.Mg/c1-5(2)3-4-6;;;/h5-6H,3-4H2,1-2H3;2*1H;/q;;;+2/p-2. The molecular formula is C5H12Cl2MgO. The van der Waals surface area contributed by atoms with Gasteiger partial charge in [-0.2, -0.15) is 0 Å². The third-order valence-electron chi connectivity index (χ3n) is 0.706. The van der Waals surface area contributed by atoms with Crippen LogP contribution in [0.1, 0.15) is 20.3 Å². The zero-order valence-electron chi connectivity index (χ0n) is 5.90. The summed E-state index contributed by atoms with van der Waals surface area (Å²) in [6, 6.07) is 0. The first-order chi connectivity index (χ1) is 2.77. The SMILES string of the molecule is CC(C)CCO.[Cl-].[Cl-].[Mg+2]. The van der Waals surface area contributed by atoms with E-state index in [2.05, 4.69) is 13.8 Å². The molecule has 0 spiro atoms. The van der Waals surface area contributed by atoms with Gasteiger partial charge in [0.1, 0.15) is 0 Å². The van der Waals surface area contributed by atoms with Crippen LogP contribution in [0.25, 0.3) is 0 Å². The molecule has 0 aromatic rings. The van der Waals surface area contributed by atoms with Crippen LogP contribution in [0.15, 0.2) is 0 Å². The topological polar surface area (TPSA) is 20.2 Å². The van der Waals surface area contributed by atoms with Crippen molar-refractivity contribution in [2.24, 2.45) is 5.92 Å². The van der Waals surface area contributed by atoms with Crippen molar-refractivity contribution in [2.75, 3.05) is 6.61 Å². The third-order valence-corrected chi connectivity index (χ3v) is 0.706. The molecule has 4 heteroatoms. The van der Waals surface area contributed by atoms with Gasteiger partial charge in [-0.15, -0.1) is 0 Å². The first kappa shape index (κ1) is 22.4. The van der Waals surface area contributed by atoms with Crippen LogP contribution in [0.4, 0.5) is 0 Å². The minimum absolute atomic E-state index is 0. The molecule has 0 saturated heterocycles. The molecule has 0 aromatic carbocycles. The Kier molecular flexibility index (Phi) is 40.3. The van der Waals surface area contributed by atoms with E-state index in [1.54, 1.807) is 0 Å². The Bertz CT molecular complexity index is 36.1. The molecular weight excluding hydrogens is 171 g/mol. The predicted molar refractivity (Wildman–Crippen MR) is 32.3 cm³/mol. The molecule has 0 fully saturated rings. The van der Waals surface area contributed by atoms with Gasteiger partial charge in [0.05, 0.1) is 0 Å². The van der Waals surface area contributed by atoms with E-state index in [0.29, 0.717) is 12.5 Å². The summed E-state index contributed by atoms with van der Waals surface area (Å²) in [6.07, 6.45) is 0.931. The van der Waals surface area contributed by atoms with Gasteiger partial charge in [-0.3, -0.25) is 0 Å². The second-order valence-corrected chi connectivity index (χ2v) is 1.91. The van der Waals surface area contributed by atoms with E-state index in [9.17, 15) is 0 Å². The van der Waals surface area contributed by atoms with Gasteiger partial charge in [0.2, 0.25) is 0 Å². The van der Waals surface area contributed by atoms with Gasteiger partial charge in [0, 0.05) is 6.61 Å². The normalized spacial score (nSPS) is 6.67. The third kappa shape index (κ3) is 26.8. The number of aliphatic hydroxyl groups is 1. The van der Waals surface area contributed by atoms with Crippen LogP contribution in [-0.2, 0) is 0 Å². The Morgan fingerprint density at radius 3 is 1.56 bits per heavy atom. The molecule has 0 aromatic heterocycles. The Hall–Kier alpha value is 1.31. The molecule has 0 atom stereocenters. The quantitative estimate of drug-likeness (QED) is 0.424. The first-order valence-corrected chi connectivity index (χ1v) is 2.38. The summed E-state index contributed by atoms with van der Waals surface area (Å²) in [5.74, 6) is 0.648. The van der Waals surface area contributed by atoms with Crippen LogP contribution >= 0.6 is 0 Å². The molecule has 0 rings (SSSR count). The molecule has 9 heavy (non-hydrogen) atoms. The number of aliphatic hydroxyl groups excluding tert-OH is 1. The molecule has 1 N–H and O–H groups in total. The second-order valence-electron chi connectivity index (χ2n) is 1.91. The molecule has 0 radical (unpaired) electrons. The molecule has 0 aliphatic carbocycles.